The molecule has 0 N–H and O–H groups in total. The molecule has 0 aliphatic carbocycles. The molecule has 0 aliphatic heterocycles. The van der Waals surface area contributed by atoms with Crippen LogP contribution in [0.2, 0.25) is 0 Å². The zero-order chi connectivity index (χ0) is 18.1. The Morgan fingerprint density at radius 3 is 2.42 bits per heavy atom. The summed E-state index contributed by atoms with van der Waals surface area (Å²) in [6.45, 7) is 0. The third kappa shape index (κ3) is 2.78. The number of fused-ring (bicyclic) bond motifs is 1. The van der Waals surface area contributed by atoms with Crippen LogP contribution in [-0.2, 0) is 7.05 Å². The summed E-state index contributed by atoms with van der Waals surface area (Å²) in [6, 6.07) is 16.0. The number of amides is 1. The lowest BCUT2D eigenvalue weighted by Gasteiger charge is -2.09. The van der Waals surface area contributed by atoms with Crippen LogP contribution in [0.3, 0.4) is 0 Å². The van der Waals surface area contributed by atoms with Gasteiger partial charge in [0.15, 0.2) is 10.5 Å². The quantitative estimate of drug-likeness (QED) is 0.550. The lowest BCUT2D eigenvalue weighted by molar-refractivity contribution is 0.0993. The van der Waals surface area contributed by atoms with Gasteiger partial charge >= 0.3 is 5.91 Å². The molecule has 0 fully saturated rings. The van der Waals surface area contributed by atoms with Crippen LogP contribution < -0.4 is 10.4 Å². The predicted molar refractivity (Wildman–Crippen MR) is 101 cm³/mol. The summed E-state index contributed by atoms with van der Waals surface area (Å²) in [7, 11) is 1.82. The number of carbonyl (C=O) groups is 1. The first-order valence-corrected chi connectivity index (χ1v) is 8.80. The number of para-hydroxylation sites is 1. The molecule has 0 bridgehead atoms. The minimum absolute atomic E-state index is 0.150. The van der Waals surface area contributed by atoms with Crippen LogP contribution in [0.1, 0.15) is 10.5 Å². The van der Waals surface area contributed by atoms with Crippen molar-refractivity contribution in [3.05, 3.63) is 87.0 Å². The molecule has 1 amide bonds. The number of hydrogen-bond donors (Lipinski definition) is 0. The number of hydrogen-bond acceptors (Lipinski definition) is 4. The smallest absolute Gasteiger partial charge is 0.300 e. The van der Waals surface area contributed by atoms with Crippen molar-refractivity contribution in [1.82, 2.24) is 14.3 Å². The van der Waals surface area contributed by atoms with Crippen LogP contribution in [0, 0.1) is 0 Å². The molecule has 0 saturated carbocycles. The maximum absolute atomic E-state index is 12.8. The van der Waals surface area contributed by atoms with Gasteiger partial charge in [0.05, 0.1) is 11.1 Å². The van der Waals surface area contributed by atoms with Gasteiger partial charge in [-0.2, -0.15) is 14.8 Å². The lowest BCUT2D eigenvalue weighted by atomic mass is 10.1. The topological polar surface area (TPSA) is 69.2 Å². The number of thiazole rings is 1. The number of rotatable bonds is 2. The fraction of sp³-hybridized carbons (Fsp3) is 0.0526. The Labute approximate surface area is 152 Å². The van der Waals surface area contributed by atoms with Gasteiger partial charge in [-0.05, 0) is 18.2 Å². The molecule has 0 unspecified atom stereocenters. The standard InChI is InChI=1S/C19H14N4O2S/c1-22-11-12-26-19(22)20-17(24)16-14-9-5-6-10-15(14)18(25)23(21-16)13-7-3-2-4-8-13/h2-12H,1H3. The highest BCUT2D eigenvalue weighted by Gasteiger charge is 2.17. The van der Waals surface area contributed by atoms with Gasteiger partial charge in [0, 0.05) is 24.0 Å². The monoisotopic (exact) mass is 362 g/mol. The molecule has 128 valence electrons. The molecule has 2 aromatic heterocycles. The summed E-state index contributed by atoms with van der Waals surface area (Å²) in [5.41, 5.74) is 0.474. The van der Waals surface area contributed by atoms with Crippen LogP contribution in [0.15, 0.2) is 76.0 Å². The van der Waals surface area contributed by atoms with E-state index in [1.807, 2.05) is 36.8 Å². The highest BCUT2D eigenvalue weighted by atomic mass is 32.1. The molecule has 2 aromatic carbocycles. The van der Waals surface area contributed by atoms with E-state index in [1.54, 1.807) is 41.0 Å². The molecule has 0 radical (unpaired) electrons. The fourth-order valence-electron chi connectivity index (χ4n) is 2.67. The number of nitrogens with zero attached hydrogens (tertiary/aromatic N) is 4. The first-order valence-electron chi connectivity index (χ1n) is 7.92. The van der Waals surface area contributed by atoms with Crippen molar-refractivity contribution in [1.29, 1.82) is 0 Å². The zero-order valence-electron chi connectivity index (χ0n) is 13.9. The van der Waals surface area contributed by atoms with E-state index in [4.69, 9.17) is 0 Å². The first-order chi connectivity index (χ1) is 12.6. The van der Waals surface area contributed by atoms with Gasteiger partial charge in [-0.25, -0.2) is 0 Å². The van der Waals surface area contributed by atoms with E-state index in [0.717, 1.165) is 0 Å². The van der Waals surface area contributed by atoms with E-state index in [9.17, 15) is 9.59 Å². The van der Waals surface area contributed by atoms with Crippen molar-refractivity contribution in [2.24, 2.45) is 12.0 Å². The molecular weight excluding hydrogens is 348 g/mol. The van der Waals surface area contributed by atoms with Gasteiger partial charge in [-0.15, -0.1) is 11.3 Å². The summed E-state index contributed by atoms with van der Waals surface area (Å²) in [5.74, 6) is -0.482. The van der Waals surface area contributed by atoms with Crippen LogP contribution in [-0.4, -0.2) is 20.3 Å². The molecule has 6 nitrogen and oxygen atoms in total. The van der Waals surface area contributed by atoms with Gasteiger partial charge in [-0.3, -0.25) is 9.59 Å². The van der Waals surface area contributed by atoms with E-state index in [-0.39, 0.29) is 11.3 Å². The molecule has 0 aliphatic rings. The van der Waals surface area contributed by atoms with E-state index >= 15 is 0 Å². The second-order valence-corrected chi connectivity index (χ2v) is 6.53. The van der Waals surface area contributed by atoms with Crippen LogP contribution in [0.25, 0.3) is 16.5 Å². The van der Waals surface area contributed by atoms with Gasteiger partial charge in [0.2, 0.25) is 0 Å². The summed E-state index contributed by atoms with van der Waals surface area (Å²) >= 11 is 1.36. The lowest BCUT2D eigenvalue weighted by Crippen LogP contribution is -2.25. The van der Waals surface area contributed by atoms with Crippen LogP contribution in [0.5, 0.6) is 0 Å². The minimum atomic E-state index is -0.482. The van der Waals surface area contributed by atoms with E-state index in [0.29, 0.717) is 21.3 Å². The third-order valence-electron chi connectivity index (χ3n) is 3.97. The maximum atomic E-state index is 12.8. The Bertz CT molecular complexity index is 1240. The zero-order valence-corrected chi connectivity index (χ0v) is 14.7. The Balaban J connectivity index is 2.00. The number of aromatic nitrogens is 3. The number of benzene rings is 2. The third-order valence-corrected chi connectivity index (χ3v) is 4.81. The van der Waals surface area contributed by atoms with Gasteiger partial charge in [-0.1, -0.05) is 36.4 Å². The average Bonchev–Trinajstić information content (AvgIpc) is 3.07. The summed E-state index contributed by atoms with van der Waals surface area (Å²) in [5, 5.41) is 7.12. The second kappa shape index (κ2) is 6.53. The van der Waals surface area contributed by atoms with Gasteiger partial charge < -0.3 is 4.57 Å². The van der Waals surface area contributed by atoms with Gasteiger partial charge in [0.1, 0.15) is 0 Å². The van der Waals surface area contributed by atoms with Crippen molar-refractivity contribution in [3.63, 3.8) is 0 Å². The van der Waals surface area contributed by atoms with E-state index in [2.05, 4.69) is 10.1 Å². The first kappa shape index (κ1) is 16.2. The highest BCUT2D eigenvalue weighted by molar-refractivity contribution is 7.07. The normalized spacial score (nSPS) is 11.8. The Morgan fingerprint density at radius 1 is 1.04 bits per heavy atom. The summed E-state index contributed by atoms with van der Waals surface area (Å²) in [4.78, 5) is 30.4. The molecule has 0 saturated heterocycles. The van der Waals surface area contributed by atoms with Crippen molar-refractivity contribution in [2.75, 3.05) is 0 Å². The molecule has 4 aromatic rings. The molecular formula is C19H14N4O2S. The Hall–Kier alpha value is -3.32. The van der Waals surface area contributed by atoms with Crippen molar-refractivity contribution >= 4 is 28.0 Å². The van der Waals surface area contributed by atoms with Gasteiger partial charge in [0.25, 0.3) is 5.56 Å². The minimum Gasteiger partial charge on any atom is -0.327 e. The molecule has 7 heteroatoms. The van der Waals surface area contributed by atoms with Crippen molar-refractivity contribution < 1.29 is 4.79 Å². The Morgan fingerprint density at radius 2 is 1.73 bits per heavy atom. The fourth-order valence-corrected chi connectivity index (χ4v) is 3.39. The number of aryl methyl sites for hydroxylation is 1. The predicted octanol–water partition coefficient (Wildman–Crippen LogP) is 2.53. The largest absolute Gasteiger partial charge is 0.327 e. The van der Waals surface area contributed by atoms with Crippen LogP contribution >= 0.6 is 11.3 Å². The maximum Gasteiger partial charge on any atom is 0.300 e. The van der Waals surface area contributed by atoms with Crippen LogP contribution in [0.4, 0.5) is 0 Å². The molecule has 0 atom stereocenters. The SMILES string of the molecule is Cn1ccsc1=NC(=O)c1nn(-c2ccccc2)c(=O)c2ccccc12. The van der Waals surface area contributed by atoms with E-state index in [1.165, 1.54) is 16.0 Å². The molecule has 2 heterocycles. The summed E-state index contributed by atoms with van der Waals surface area (Å²) in [6.07, 6.45) is 1.83. The molecule has 4 rings (SSSR count). The average molecular weight is 362 g/mol. The number of carbonyl (C=O) groups excluding carboxylic acids is 1. The second-order valence-electron chi connectivity index (χ2n) is 5.66. The molecule has 0 spiro atoms. The van der Waals surface area contributed by atoms with E-state index < -0.39 is 5.91 Å². The van der Waals surface area contributed by atoms with Crippen molar-refractivity contribution in [3.8, 4) is 5.69 Å². The summed E-state index contributed by atoms with van der Waals surface area (Å²) < 4.78 is 3.01. The van der Waals surface area contributed by atoms with Crippen molar-refractivity contribution in [2.45, 2.75) is 0 Å². The Kier molecular flexibility index (Phi) is 4.06. The molecule has 26 heavy (non-hydrogen) atoms. The highest BCUT2D eigenvalue weighted by Crippen LogP contribution is 2.16.